The number of nitrogens with one attached hydrogen (secondary N) is 1. The molecule has 2 aromatic rings. The summed E-state index contributed by atoms with van der Waals surface area (Å²) in [6.45, 7) is 0.292. The van der Waals surface area contributed by atoms with Gasteiger partial charge in [0, 0.05) is 38.0 Å². The molecular formula is C25H28F8N6O3S. The number of nitrogens with zero attached hydrogens (tertiary/aromatic N) is 5. The number of amides is 1. The summed E-state index contributed by atoms with van der Waals surface area (Å²) in [5.74, 6) is -4.66. The smallest absolute Gasteiger partial charge is 0.310 e. The van der Waals surface area contributed by atoms with Crippen molar-refractivity contribution in [2.75, 3.05) is 18.5 Å². The number of alkyl halides is 2. The molecule has 1 aromatic heterocycles. The zero-order chi connectivity index (χ0) is 32.3. The van der Waals surface area contributed by atoms with Crippen molar-refractivity contribution < 1.29 is 47.3 Å². The van der Waals surface area contributed by atoms with Gasteiger partial charge in [0.2, 0.25) is 17.8 Å². The number of hydrogen-bond donors (Lipinski definition) is 2. The van der Waals surface area contributed by atoms with Gasteiger partial charge in [-0.05, 0) is 37.1 Å². The number of aldehydes is 1. The molecule has 1 saturated heterocycles. The Labute approximate surface area is 241 Å². The molecule has 0 spiro atoms. The van der Waals surface area contributed by atoms with E-state index < -0.39 is 70.0 Å². The van der Waals surface area contributed by atoms with Gasteiger partial charge in [-0.15, -0.1) is 0 Å². The van der Waals surface area contributed by atoms with Crippen LogP contribution < -0.4 is 10.2 Å². The predicted octanol–water partition coefficient (Wildman–Crippen LogP) is 5.25. The highest BCUT2D eigenvalue weighted by molar-refractivity contribution is 8.45. The number of rotatable bonds is 7. The van der Waals surface area contributed by atoms with E-state index in [9.17, 15) is 42.2 Å². The van der Waals surface area contributed by atoms with Crippen LogP contribution >= 0.6 is 10.2 Å². The highest BCUT2D eigenvalue weighted by atomic mass is 32.5. The number of nitriles is 1. The second-order valence-electron chi connectivity index (χ2n) is 10.2. The minimum absolute atomic E-state index is 0.0113. The number of aromatic nitrogens is 2. The van der Waals surface area contributed by atoms with Crippen LogP contribution in [0.3, 0.4) is 0 Å². The number of carbonyl (C=O) groups is 2. The van der Waals surface area contributed by atoms with Crippen molar-refractivity contribution in [1.29, 1.82) is 5.26 Å². The van der Waals surface area contributed by atoms with E-state index in [1.807, 2.05) is 6.19 Å². The van der Waals surface area contributed by atoms with Crippen molar-refractivity contribution >= 4 is 28.1 Å². The fourth-order valence-corrected chi connectivity index (χ4v) is 5.29. The molecular weight excluding hydrogens is 616 g/mol. The summed E-state index contributed by atoms with van der Waals surface area (Å²) >= 11 is 0. The van der Waals surface area contributed by atoms with Crippen LogP contribution in [0.5, 0.6) is 0 Å². The lowest BCUT2D eigenvalue weighted by atomic mass is 9.92. The number of β-amino-alcohol motifs (C(OH)–C–C–N with tert-alkyl or cyclic N) is 1. The summed E-state index contributed by atoms with van der Waals surface area (Å²) in [7, 11) is -8.63. The van der Waals surface area contributed by atoms with E-state index in [2.05, 4.69) is 15.3 Å². The van der Waals surface area contributed by atoms with E-state index in [-0.39, 0.29) is 36.4 Å². The van der Waals surface area contributed by atoms with Crippen molar-refractivity contribution in [1.82, 2.24) is 20.2 Å². The Morgan fingerprint density at radius 2 is 1.79 bits per heavy atom. The zero-order valence-electron chi connectivity index (χ0n) is 22.5. The summed E-state index contributed by atoms with van der Waals surface area (Å²) in [6.07, 6.45) is 3.33. The molecule has 2 aliphatic rings. The first-order valence-electron chi connectivity index (χ1n) is 12.8. The van der Waals surface area contributed by atoms with Gasteiger partial charge in [0.15, 0.2) is 12.2 Å². The third-order valence-electron chi connectivity index (χ3n) is 6.90. The van der Waals surface area contributed by atoms with Crippen LogP contribution in [0.1, 0.15) is 43.8 Å². The van der Waals surface area contributed by atoms with Crippen molar-refractivity contribution in [3.63, 3.8) is 0 Å². The number of halogens is 8. The van der Waals surface area contributed by atoms with Gasteiger partial charge in [-0.3, -0.25) is 14.7 Å². The molecule has 43 heavy (non-hydrogen) atoms. The lowest BCUT2D eigenvalue weighted by Crippen LogP contribution is -2.46. The van der Waals surface area contributed by atoms with Crippen molar-refractivity contribution in [3.8, 4) is 6.19 Å². The number of hydrogen-bond acceptors (Lipinski definition) is 8. The average molecular weight is 645 g/mol. The van der Waals surface area contributed by atoms with Gasteiger partial charge >= 0.3 is 10.2 Å². The SMILES string of the molecule is CN(c1ccc(S(F)(F)(F)(F)F)cc1)C(C(=O)NC1CCC(F)(F)CC1)c1cncc(F)n1.N#CN1CC(O)CC1C=O. The summed E-state index contributed by atoms with van der Waals surface area (Å²) in [6, 6.07) is -0.597. The highest BCUT2D eigenvalue weighted by Crippen LogP contribution is 3.02. The Balaban J connectivity index is 0.000000428. The number of carbonyl (C=O) groups excluding carboxylic acids is 2. The number of benzene rings is 1. The Hall–Kier alpha value is -3.72. The molecule has 238 valence electrons. The molecule has 18 heteroatoms. The normalized spacial score (nSPS) is 22.6. The van der Waals surface area contributed by atoms with Crippen LogP contribution in [0, 0.1) is 17.4 Å². The van der Waals surface area contributed by atoms with E-state index in [0.29, 0.717) is 19.3 Å². The Morgan fingerprint density at radius 3 is 2.28 bits per heavy atom. The largest absolute Gasteiger partial charge is 0.391 e. The standard InChI is InChI=1S/C19H20F8N4OS.C6H8N2O2/c1-31(13-2-4-14(5-3-13)33(23,24,25,26)27)17(15-10-28-11-16(20)30-15)18(32)29-12-6-8-19(21,22)9-7-12;7-4-8-2-6(10)1-5(8)3-9/h2-5,10-12,17H,6-9H2,1H3,(H,29,32);3,5-6,10H,1-2H2. The lowest BCUT2D eigenvalue weighted by Gasteiger charge is -2.40. The Morgan fingerprint density at radius 1 is 1.19 bits per heavy atom. The monoisotopic (exact) mass is 644 g/mol. The maximum Gasteiger partial charge on any atom is 0.310 e. The van der Waals surface area contributed by atoms with E-state index in [4.69, 9.17) is 10.4 Å². The maximum absolute atomic E-state index is 13.7. The zero-order valence-corrected chi connectivity index (χ0v) is 23.3. The van der Waals surface area contributed by atoms with Gasteiger partial charge in [0.25, 0.3) is 0 Å². The van der Waals surface area contributed by atoms with Gasteiger partial charge in [-0.25, -0.2) is 13.8 Å². The van der Waals surface area contributed by atoms with Crippen LogP contribution in [-0.4, -0.2) is 69.9 Å². The van der Waals surface area contributed by atoms with Gasteiger partial charge in [-0.1, -0.05) is 19.4 Å². The van der Waals surface area contributed by atoms with Crippen LogP contribution in [0.25, 0.3) is 0 Å². The van der Waals surface area contributed by atoms with Gasteiger partial charge < -0.3 is 20.1 Å². The van der Waals surface area contributed by atoms with E-state index in [1.54, 1.807) is 0 Å². The molecule has 2 N–H and O–H groups in total. The van der Waals surface area contributed by atoms with Crippen molar-refractivity contribution in [2.24, 2.45) is 0 Å². The van der Waals surface area contributed by atoms with Gasteiger partial charge in [-0.2, -0.15) is 9.65 Å². The summed E-state index contributed by atoms with van der Waals surface area (Å²) in [4.78, 5) is 30.7. The molecule has 1 aliphatic heterocycles. The number of anilines is 1. The molecule has 1 aliphatic carbocycles. The number of likely N-dealkylation sites (tertiary alicyclic amines) is 1. The Kier molecular flexibility index (Phi) is 9.23. The molecule has 4 rings (SSSR count). The minimum atomic E-state index is -9.90. The number of aliphatic hydroxyl groups is 1. The van der Waals surface area contributed by atoms with E-state index >= 15 is 0 Å². The molecule has 0 bridgehead atoms. The van der Waals surface area contributed by atoms with E-state index in [1.165, 1.54) is 11.9 Å². The average Bonchev–Trinajstić information content (AvgIpc) is 3.29. The molecule has 2 heterocycles. The van der Waals surface area contributed by atoms with Gasteiger partial charge in [0.05, 0.1) is 36.8 Å². The first kappa shape index (κ1) is 33.8. The topological polar surface area (TPSA) is 122 Å². The van der Waals surface area contributed by atoms with Crippen LogP contribution in [0.4, 0.5) is 38.3 Å². The quantitative estimate of drug-likeness (QED) is 0.238. The van der Waals surface area contributed by atoms with Gasteiger partial charge in [0.1, 0.15) is 11.2 Å². The third kappa shape index (κ3) is 9.13. The van der Waals surface area contributed by atoms with E-state index in [0.717, 1.165) is 29.4 Å². The second kappa shape index (κ2) is 11.8. The van der Waals surface area contributed by atoms with Crippen LogP contribution in [0.2, 0.25) is 0 Å². The summed E-state index contributed by atoms with van der Waals surface area (Å²) in [5, 5.41) is 19.9. The molecule has 3 atom stereocenters. The highest BCUT2D eigenvalue weighted by Gasteiger charge is 2.65. The predicted molar refractivity (Wildman–Crippen MR) is 139 cm³/mol. The van der Waals surface area contributed by atoms with Crippen LogP contribution in [-0.2, 0) is 9.59 Å². The molecule has 3 unspecified atom stereocenters. The molecule has 9 nitrogen and oxygen atoms in total. The second-order valence-corrected chi connectivity index (χ2v) is 12.6. The van der Waals surface area contributed by atoms with Crippen LogP contribution in [0.15, 0.2) is 41.6 Å². The fraction of sp³-hybridized carbons (Fsp3) is 0.480. The van der Waals surface area contributed by atoms with Crippen molar-refractivity contribution in [2.45, 2.75) is 67.2 Å². The fourth-order valence-electron chi connectivity index (χ4n) is 4.64. The number of aliphatic hydroxyl groups excluding tert-OH is 1. The molecule has 1 saturated carbocycles. The molecule has 1 aromatic carbocycles. The summed E-state index contributed by atoms with van der Waals surface area (Å²) < 4.78 is 105. The molecule has 0 radical (unpaired) electrons. The molecule has 2 fully saturated rings. The third-order valence-corrected chi connectivity index (χ3v) is 8.06. The maximum atomic E-state index is 13.7. The van der Waals surface area contributed by atoms with Crippen molar-refractivity contribution in [3.05, 3.63) is 48.3 Å². The number of likely N-dealkylation sites (N-methyl/N-ethyl adjacent to an activating group) is 1. The first-order valence-corrected chi connectivity index (χ1v) is 14.7. The molecule has 1 amide bonds. The first-order chi connectivity index (χ1) is 19.7. The summed E-state index contributed by atoms with van der Waals surface area (Å²) in [5.41, 5.74) is -0.296. The minimum Gasteiger partial charge on any atom is -0.391 e. The Bertz CT molecular complexity index is 1350. The lowest BCUT2D eigenvalue weighted by molar-refractivity contribution is -0.124.